The van der Waals surface area contributed by atoms with Gasteiger partial charge in [0.25, 0.3) is 0 Å². The van der Waals surface area contributed by atoms with Crippen LogP contribution in [0.3, 0.4) is 0 Å². The summed E-state index contributed by atoms with van der Waals surface area (Å²) in [5.41, 5.74) is 6.24. The summed E-state index contributed by atoms with van der Waals surface area (Å²) in [5.74, 6) is 0.705. The standard InChI is InChI=1S/C15H28N2O/c1-2-10-18-14-7-5-9-17(12-14)11-13-6-3-4-8-15(13)16/h2,13-15H,1,3-12,16H2/t13-,14-,15+/m1/s1. The van der Waals surface area contributed by atoms with Gasteiger partial charge in [-0.2, -0.15) is 0 Å². The normalized spacial score (nSPS) is 34.4. The number of piperidine rings is 1. The second kappa shape index (κ2) is 7.27. The minimum absolute atomic E-state index is 0.400. The largest absolute Gasteiger partial charge is 0.373 e. The molecule has 1 aliphatic carbocycles. The van der Waals surface area contributed by atoms with Crippen LogP contribution >= 0.6 is 0 Å². The van der Waals surface area contributed by atoms with Crippen LogP contribution in [-0.2, 0) is 4.74 Å². The van der Waals surface area contributed by atoms with Gasteiger partial charge in [-0.05, 0) is 38.1 Å². The Balaban J connectivity index is 1.76. The molecule has 1 saturated heterocycles. The van der Waals surface area contributed by atoms with Crippen LogP contribution in [0, 0.1) is 5.92 Å². The van der Waals surface area contributed by atoms with Crippen LogP contribution in [0.25, 0.3) is 0 Å². The van der Waals surface area contributed by atoms with Crippen LogP contribution in [0.15, 0.2) is 12.7 Å². The summed E-state index contributed by atoms with van der Waals surface area (Å²) < 4.78 is 5.79. The second-order valence-corrected chi connectivity index (χ2v) is 5.85. The van der Waals surface area contributed by atoms with Crippen LogP contribution in [0.4, 0.5) is 0 Å². The molecule has 3 nitrogen and oxygen atoms in total. The van der Waals surface area contributed by atoms with Crippen molar-refractivity contribution in [3.05, 3.63) is 12.7 Å². The predicted molar refractivity (Wildman–Crippen MR) is 75.5 cm³/mol. The average Bonchev–Trinajstić information content (AvgIpc) is 2.40. The van der Waals surface area contributed by atoms with Crippen molar-refractivity contribution in [3.63, 3.8) is 0 Å². The van der Waals surface area contributed by atoms with Gasteiger partial charge in [0, 0.05) is 19.1 Å². The molecule has 0 spiro atoms. The molecule has 2 N–H and O–H groups in total. The monoisotopic (exact) mass is 252 g/mol. The molecule has 1 aliphatic heterocycles. The van der Waals surface area contributed by atoms with E-state index in [-0.39, 0.29) is 0 Å². The summed E-state index contributed by atoms with van der Waals surface area (Å²) >= 11 is 0. The Bertz CT molecular complexity index is 257. The zero-order valence-electron chi connectivity index (χ0n) is 11.5. The summed E-state index contributed by atoms with van der Waals surface area (Å²) in [6.07, 6.45) is 9.91. The maximum Gasteiger partial charge on any atom is 0.0706 e. The Hall–Kier alpha value is -0.380. The minimum Gasteiger partial charge on any atom is -0.373 e. The maximum absolute atomic E-state index is 6.24. The van der Waals surface area contributed by atoms with Gasteiger partial charge < -0.3 is 15.4 Å². The molecule has 18 heavy (non-hydrogen) atoms. The zero-order valence-corrected chi connectivity index (χ0v) is 11.5. The summed E-state index contributed by atoms with van der Waals surface area (Å²) in [4.78, 5) is 2.56. The van der Waals surface area contributed by atoms with Gasteiger partial charge in [0.05, 0.1) is 12.7 Å². The van der Waals surface area contributed by atoms with Crippen LogP contribution in [0.2, 0.25) is 0 Å². The molecule has 2 aliphatic rings. The summed E-state index contributed by atoms with van der Waals surface area (Å²) in [7, 11) is 0. The lowest BCUT2D eigenvalue weighted by Gasteiger charge is -2.37. The second-order valence-electron chi connectivity index (χ2n) is 5.85. The molecule has 0 aromatic carbocycles. The first kappa shape index (κ1) is 14.0. The van der Waals surface area contributed by atoms with Gasteiger partial charge in [-0.1, -0.05) is 18.9 Å². The van der Waals surface area contributed by atoms with Crippen molar-refractivity contribution in [3.8, 4) is 0 Å². The van der Waals surface area contributed by atoms with Crippen LogP contribution in [-0.4, -0.2) is 43.3 Å². The smallest absolute Gasteiger partial charge is 0.0706 e. The van der Waals surface area contributed by atoms with E-state index in [1.54, 1.807) is 0 Å². The summed E-state index contributed by atoms with van der Waals surface area (Å²) in [5, 5.41) is 0. The van der Waals surface area contributed by atoms with E-state index in [0.717, 1.165) is 6.54 Å². The predicted octanol–water partition coefficient (Wildman–Crippen LogP) is 2.17. The average molecular weight is 252 g/mol. The Labute approximate surface area is 111 Å². The number of nitrogens with zero attached hydrogens (tertiary/aromatic N) is 1. The molecule has 0 radical (unpaired) electrons. The molecule has 2 rings (SSSR count). The van der Waals surface area contributed by atoms with Gasteiger partial charge in [-0.3, -0.25) is 0 Å². The van der Waals surface area contributed by atoms with E-state index >= 15 is 0 Å². The van der Waals surface area contributed by atoms with Gasteiger partial charge in [-0.25, -0.2) is 0 Å². The minimum atomic E-state index is 0.400. The fourth-order valence-corrected chi connectivity index (χ4v) is 3.31. The first-order chi connectivity index (χ1) is 8.79. The third-order valence-electron chi connectivity index (χ3n) is 4.37. The van der Waals surface area contributed by atoms with E-state index in [0.29, 0.717) is 24.7 Å². The van der Waals surface area contributed by atoms with E-state index in [1.807, 2.05) is 6.08 Å². The fourth-order valence-electron chi connectivity index (χ4n) is 3.31. The highest BCUT2D eigenvalue weighted by atomic mass is 16.5. The van der Waals surface area contributed by atoms with Gasteiger partial charge >= 0.3 is 0 Å². The molecule has 0 aromatic rings. The molecule has 0 bridgehead atoms. The first-order valence-electron chi connectivity index (χ1n) is 7.50. The van der Waals surface area contributed by atoms with Crippen molar-refractivity contribution in [1.82, 2.24) is 4.90 Å². The Morgan fingerprint density at radius 1 is 1.22 bits per heavy atom. The number of rotatable bonds is 5. The van der Waals surface area contributed by atoms with Crippen LogP contribution in [0.5, 0.6) is 0 Å². The summed E-state index contributed by atoms with van der Waals surface area (Å²) in [6, 6.07) is 0.424. The van der Waals surface area contributed by atoms with Crippen LogP contribution < -0.4 is 5.73 Å². The number of hydrogen-bond donors (Lipinski definition) is 1. The molecule has 2 fully saturated rings. The number of nitrogens with two attached hydrogens (primary N) is 1. The van der Waals surface area contributed by atoms with Crippen molar-refractivity contribution >= 4 is 0 Å². The van der Waals surface area contributed by atoms with Gasteiger partial charge in [0.1, 0.15) is 0 Å². The molecule has 0 aromatic heterocycles. The number of likely N-dealkylation sites (tertiary alicyclic amines) is 1. The molecule has 0 amide bonds. The molecule has 0 unspecified atom stereocenters. The molecular weight excluding hydrogens is 224 g/mol. The Kier molecular flexibility index (Phi) is 5.67. The van der Waals surface area contributed by atoms with E-state index in [2.05, 4.69) is 11.5 Å². The highest BCUT2D eigenvalue weighted by molar-refractivity contribution is 4.83. The Morgan fingerprint density at radius 2 is 2.06 bits per heavy atom. The highest BCUT2D eigenvalue weighted by Gasteiger charge is 2.27. The molecular formula is C15H28N2O. The third-order valence-corrected chi connectivity index (χ3v) is 4.37. The first-order valence-corrected chi connectivity index (χ1v) is 7.50. The van der Waals surface area contributed by atoms with E-state index in [1.165, 1.54) is 51.6 Å². The van der Waals surface area contributed by atoms with Gasteiger partial charge in [-0.15, -0.1) is 6.58 Å². The number of hydrogen-bond acceptors (Lipinski definition) is 3. The van der Waals surface area contributed by atoms with E-state index < -0.39 is 0 Å². The molecule has 104 valence electrons. The topological polar surface area (TPSA) is 38.5 Å². The Morgan fingerprint density at radius 3 is 2.83 bits per heavy atom. The SMILES string of the molecule is C=CCO[C@@H]1CCCN(C[C@H]2CCCC[C@@H]2N)C1. The van der Waals surface area contributed by atoms with Crippen LogP contribution in [0.1, 0.15) is 38.5 Å². The zero-order chi connectivity index (χ0) is 12.8. The fraction of sp³-hybridized carbons (Fsp3) is 0.867. The van der Waals surface area contributed by atoms with Crippen molar-refractivity contribution in [2.75, 3.05) is 26.2 Å². The number of ether oxygens (including phenoxy) is 1. The molecule has 3 heteroatoms. The lowest BCUT2D eigenvalue weighted by Crippen LogP contribution is -2.46. The molecule has 1 saturated carbocycles. The van der Waals surface area contributed by atoms with Crippen molar-refractivity contribution < 1.29 is 4.74 Å². The van der Waals surface area contributed by atoms with Gasteiger partial charge in [0.2, 0.25) is 0 Å². The highest BCUT2D eigenvalue weighted by Crippen LogP contribution is 2.25. The lowest BCUT2D eigenvalue weighted by atomic mass is 9.84. The van der Waals surface area contributed by atoms with E-state index in [9.17, 15) is 0 Å². The molecule has 3 atom stereocenters. The van der Waals surface area contributed by atoms with Crippen molar-refractivity contribution in [2.24, 2.45) is 11.7 Å². The van der Waals surface area contributed by atoms with Crippen molar-refractivity contribution in [2.45, 2.75) is 50.7 Å². The van der Waals surface area contributed by atoms with E-state index in [4.69, 9.17) is 10.5 Å². The van der Waals surface area contributed by atoms with Gasteiger partial charge in [0.15, 0.2) is 0 Å². The quantitative estimate of drug-likeness (QED) is 0.762. The van der Waals surface area contributed by atoms with Crippen molar-refractivity contribution in [1.29, 1.82) is 0 Å². The third kappa shape index (κ3) is 4.08. The lowest BCUT2D eigenvalue weighted by molar-refractivity contribution is 0.00609. The summed E-state index contributed by atoms with van der Waals surface area (Å²) in [6.45, 7) is 7.87. The maximum atomic E-state index is 6.24. The molecule has 1 heterocycles.